The number of benzene rings is 15. The summed E-state index contributed by atoms with van der Waals surface area (Å²) in [5.74, 6) is 0. The zero-order chi connectivity index (χ0) is 59.0. The van der Waals surface area contributed by atoms with Crippen LogP contribution in [0.3, 0.4) is 0 Å². The Labute approximate surface area is 542 Å². The minimum Gasteiger partial charge on any atom is -0.399 e. The number of rotatable bonds is 5. The zero-order valence-corrected chi connectivity index (χ0v) is 51.1. The first kappa shape index (κ1) is 57.9. The largest absolute Gasteiger partial charge is 0.399 e. The molecule has 0 spiro atoms. The van der Waals surface area contributed by atoms with Gasteiger partial charge in [0.25, 0.3) is 0 Å². The van der Waals surface area contributed by atoms with Crippen molar-refractivity contribution in [1.82, 2.24) is 0 Å². The Morgan fingerprint density at radius 3 is 1.09 bits per heavy atom. The minimum absolute atomic E-state index is 0. The molecule has 9 heteroatoms. The van der Waals surface area contributed by atoms with Gasteiger partial charge in [-0.2, -0.15) is 0 Å². The van der Waals surface area contributed by atoms with Crippen molar-refractivity contribution in [1.29, 1.82) is 0 Å². The molecule has 2 heterocycles. The van der Waals surface area contributed by atoms with Gasteiger partial charge in [0.05, 0.1) is 0 Å². The highest BCUT2D eigenvalue weighted by Crippen LogP contribution is 2.44. The van der Waals surface area contributed by atoms with E-state index in [1.54, 1.807) is 0 Å². The van der Waals surface area contributed by atoms with Crippen molar-refractivity contribution >= 4 is 203 Å². The summed E-state index contributed by atoms with van der Waals surface area (Å²) >= 11 is 6.09. The van der Waals surface area contributed by atoms with E-state index in [1.165, 1.54) is 131 Å². The minimum atomic E-state index is -0.667. The number of fused-ring (bicyclic) bond motifs is 15. The monoisotopic (exact) mass is 1270 g/mol. The molecule has 17 rings (SSSR count). The number of nitrogen functional groups attached to an aromatic ring is 1. The predicted octanol–water partition coefficient (Wildman–Crippen LogP) is 23.3. The second-order valence-electron chi connectivity index (χ2n) is 21.7. The molecule has 0 saturated carbocycles. The molecule has 416 valence electrons. The zero-order valence-electron chi connectivity index (χ0n) is 47.3. The molecule has 0 bridgehead atoms. The lowest BCUT2D eigenvalue weighted by Gasteiger charge is -2.26. The van der Waals surface area contributed by atoms with E-state index < -0.39 is 6.39 Å². The van der Waals surface area contributed by atoms with Crippen LogP contribution in [-0.2, 0) is 0 Å². The number of thiophene rings is 2. The van der Waals surface area contributed by atoms with Gasteiger partial charge >= 0.3 is 0 Å². The van der Waals surface area contributed by atoms with Crippen LogP contribution in [0.5, 0.6) is 0 Å². The predicted molar refractivity (Wildman–Crippen MR) is 407 cm³/mol. The maximum Gasteiger partial charge on any atom is 0.0468 e. The van der Waals surface area contributed by atoms with Crippen LogP contribution in [0, 0.1) is 3.57 Å². The van der Waals surface area contributed by atoms with E-state index in [1.807, 2.05) is 34.8 Å². The summed E-state index contributed by atoms with van der Waals surface area (Å²) < 4.78 is 6.64. The van der Waals surface area contributed by atoms with Crippen LogP contribution in [0.15, 0.2) is 297 Å². The maximum absolute atomic E-state index is 5.78. The summed E-state index contributed by atoms with van der Waals surface area (Å²) in [6.07, 6.45) is -0.667. The Morgan fingerprint density at radius 2 is 0.648 bits per heavy atom. The molecule has 2 nitrogen and oxygen atoms in total. The summed E-state index contributed by atoms with van der Waals surface area (Å²) in [5, 5.41) is 20.7. The second-order valence-corrected chi connectivity index (χ2v) is 25.0. The fourth-order valence-electron chi connectivity index (χ4n) is 12.1. The van der Waals surface area contributed by atoms with E-state index in [4.69, 9.17) is 5.73 Å². The molecule has 2 N–H and O–H groups in total. The summed E-state index contributed by atoms with van der Waals surface area (Å²) in [4.78, 5) is 2.40. The van der Waals surface area contributed by atoms with Gasteiger partial charge in [0.15, 0.2) is 0 Å². The van der Waals surface area contributed by atoms with Gasteiger partial charge in [-0.05, 0) is 182 Å². The van der Waals surface area contributed by atoms with Crippen LogP contribution < -0.4 is 10.6 Å². The summed E-state index contributed by atoms with van der Waals surface area (Å²) in [7, 11) is 14.0. The van der Waals surface area contributed by atoms with Crippen LogP contribution in [0.1, 0.15) is 10.3 Å². The number of hydrogen-bond donors (Lipinski definition) is 1. The molecule has 0 amide bonds. The van der Waals surface area contributed by atoms with Crippen molar-refractivity contribution in [3.8, 4) is 22.3 Å². The van der Waals surface area contributed by atoms with E-state index in [2.05, 4.69) is 336 Å². The van der Waals surface area contributed by atoms with Crippen LogP contribution in [0.4, 0.5) is 22.7 Å². The Kier molecular flexibility index (Phi) is 16.7. The van der Waals surface area contributed by atoms with E-state index in [0.717, 1.165) is 22.7 Å². The first-order valence-corrected chi connectivity index (χ1v) is 31.6. The number of nitrogens with two attached hydrogens (primary N) is 1. The van der Waals surface area contributed by atoms with E-state index in [9.17, 15) is 0 Å². The Hall–Kier alpha value is -9.11. The topological polar surface area (TPSA) is 29.3 Å². The highest BCUT2D eigenvalue weighted by molar-refractivity contribution is 14.1. The summed E-state index contributed by atoms with van der Waals surface area (Å²) in [5.41, 5.74) is 15.0. The molecule has 15 aromatic carbocycles. The van der Waals surface area contributed by atoms with Gasteiger partial charge in [0.2, 0.25) is 0 Å². The van der Waals surface area contributed by atoms with Crippen LogP contribution in [0.2, 0.25) is 0 Å². The van der Waals surface area contributed by atoms with Crippen molar-refractivity contribution in [3.05, 3.63) is 301 Å². The van der Waals surface area contributed by atoms with Gasteiger partial charge in [-0.15, -0.1) is 22.7 Å². The maximum atomic E-state index is 5.78. The molecule has 0 atom stereocenters. The Bertz CT molecular complexity index is 5280. The van der Waals surface area contributed by atoms with E-state index >= 15 is 0 Å². The lowest BCUT2D eigenvalue weighted by Crippen LogP contribution is -2.11. The third-order valence-corrected chi connectivity index (χ3v) is 19.3. The van der Waals surface area contributed by atoms with Crippen molar-refractivity contribution in [3.63, 3.8) is 0 Å². The van der Waals surface area contributed by atoms with Gasteiger partial charge in [-0.3, -0.25) is 0 Å². The van der Waals surface area contributed by atoms with Crippen molar-refractivity contribution in [2.45, 2.75) is 7.43 Å². The molecule has 17 aromatic rings. The third-order valence-electron chi connectivity index (χ3n) is 16.1. The average molecular weight is 1270 g/mol. The quantitative estimate of drug-likeness (QED) is 0.0805. The molecule has 2 aromatic heterocycles. The Balaban J connectivity index is 0.000000162. The number of anilines is 4. The standard InChI is InChI=1S/C46H29NS.C18H13NS.C14H9I.CH4.B4.2H2/c1-3-10-38-30(8-1)16-18-33-28-36(24-26-40(33)38)47(37-25-27-41-34(29-37)19-17-31-9-2-4-11-39(31)41)35-22-20-32(21-23-35)42-13-7-14-44-43-12-5-6-15-45(43)48-46(42)44;19-13-10-8-12(9-11-13)14-5-3-6-16-15-4-1-2-7-17(15)20-18(14)16;15-12-7-8-14-11(9-12)6-5-10-3-1-2-4-13(10)14;;1-4(2)3;;/h1-29H;1-11H,19H2;1-9H;1H4;;2*1H. The van der Waals surface area contributed by atoms with Gasteiger partial charge in [0, 0.05) is 99.1 Å². The third kappa shape index (κ3) is 11.5. The van der Waals surface area contributed by atoms with Crippen LogP contribution in [0.25, 0.3) is 127 Å². The fraction of sp³-hybridized carbons (Fsp3) is 0.0127. The lowest BCUT2D eigenvalue weighted by molar-refractivity contribution is 1.30. The molecular formula is C79H59B4IN2S2. The van der Waals surface area contributed by atoms with E-state index in [0.29, 0.717) is 0 Å². The molecule has 0 fully saturated rings. The number of halogens is 1. The molecule has 6 radical (unpaired) electrons. The molecule has 0 aliphatic heterocycles. The second kappa shape index (κ2) is 25.3. The normalized spacial score (nSPS) is 11.1. The lowest BCUT2D eigenvalue weighted by atomic mass is 9.08. The van der Waals surface area contributed by atoms with Gasteiger partial charge in [-0.25, -0.2) is 0 Å². The SMILES string of the molecule is C.Ic1ccc2c(ccc3ccccc32)c1.Nc1ccc(-c2cccc3c2sc2ccccc23)cc1.[B]B([B])[B].[HH].[HH].c1ccc2c(c1)ccc1cc(N(c3ccc(-c4cccc5c4sc4ccccc45)cc3)c3ccc4c(ccc5ccccc54)c3)ccc12. The van der Waals surface area contributed by atoms with Crippen molar-refractivity contribution in [2.24, 2.45) is 0 Å². The fourth-order valence-corrected chi connectivity index (χ4v) is 15.1. The summed E-state index contributed by atoms with van der Waals surface area (Å²) in [6, 6.07) is 107. The Morgan fingerprint density at radius 1 is 0.318 bits per heavy atom. The van der Waals surface area contributed by atoms with Crippen molar-refractivity contribution < 1.29 is 2.85 Å². The van der Waals surface area contributed by atoms with Gasteiger partial charge in [0.1, 0.15) is 0 Å². The van der Waals surface area contributed by atoms with Gasteiger partial charge in [-0.1, -0.05) is 232 Å². The molecule has 0 aliphatic carbocycles. The first-order chi connectivity index (χ1) is 42.7. The number of nitrogens with zero attached hydrogens (tertiary/aromatic N) is 1. The van der Waals surface area contributed by atoms with Crippen LogP contribution in [-0.4, -0.2) is 29.6 Å². The average Bonchev–Trinajstić information content (AvgIpc) is 1.23. The van der Waals surface area contributed by atoms with Crippen molar-refractivity contribution in [2.75, 3.05) is 10.6 Å². The molecule has 0 unspecified atom stereocenters. The van der Waals surface area contributed by atoms with Crippen LogP contribution >= 0.6 is 45.3 Å². The first-order valence-electron chi connectivity index (χ1n) is 28.9. The molecular weight excluding hydrogens is 1210 g/mol. The number of hydrogen-bond acceptors (Lipinski definition) is 4. The van der Waals surface area contributed by atoms with E-state index in [-0.39, 0.29) is 10.3 Å². The molecule has 0 aliphatic rings. The summed E-state index contributed by atoms with van der Waals surface area (Å²) in [6.45, 7) is 0. The smallest absolute Gasteiger partial charge is 0.0468 e. The highest BCUT2D eigenvalue weighted by Gasteiger charge is 2.17. The molecule has 0 saturated heterocycles. The van der Waals surface area contributed by atoms with Gasteiger partial charge < -0.3 is 10.6 Å². The molecule has 88 heavy (non-hydrogen) atoms. The highest BCUT2D eigenvalue weighted by atomic mass is 127.